The Morgan fingerprint density at radius 2 is 1.50 bits per heavy atom. The highest BCUT2D eigenvalue weighted by Gasteiger charge is 2.18. The molecule has 0 fully saturated rings. The maximum Gasteiger partial charge on any atom is 0.157 e. The fourth-order valence-electron chi connectivity index (χ4n) is 2.29. The molecule has 1 aliphatic rings. The van der Waals surface area contributed by atoms with Crippen LogP contribution in [-0.2, 0) is 0 Å². The van der Waals surface area contributed by atoms with Gasteiger partial charge >= 0.3 is 0 Å². The Morgan fingerprint density at radius 1 is 0.900 bits per heavy atom. The lowest BCUT2D eigenvalue weighted by atomic mass is 10.0. The van der Waals surface area contributed by atoms with Gasteiger partial charge in [0.1, 0.15) is 0 Å². The summed E-state index contributed by atoms with van der Waals surface area (Å²) < 4.78 is 0. The predicted molar refractivity (Wildman–Crippen MR) is 87.2 cm³/mol. The minimum Gasteiger partial charge on any atom is -0.365 e. The van der Waals surface area contributed by atoms with E-state index in [1.165, 1.54) is 11.1 Å². The topological polar surface area (TPSA) is 24.4 Å². The molecule has 0 saturated heterocycles. The average molecular weight is 282 g/mol. The molecule has 0 saturated carbocycles. The molecule has 0 bridgehead atoms. The van der Waals surface area contributed by atoms with Gasteiger partial charge in [-0.2, -0.15) is 0 Å². The van der Waals surface area contributed by atoms with E-state index in [0.29, 0.717) is 5.25 Å². The van der Waals surface area contributed by atoms with E-state index in [1.54, 1.807) is 0 Å². The Bertz CT molecular complexity index is 527. The van der Waals surface area contributed by atoms with Gasteiger partial charge in [-0.25, -0.2) is 0 Å². The molecule has 3 heteroatoms. The van der Waals surface area contributed by atoms with Crippen LogP contribution in [0.1, 0.15) is 22.8 Å². The summed E-state index contributed by atoms with van der Waals surface area (Å²) in [6, 6.07) is 21.3. The average Bonchev–Trinajstić information content (AvgIpc) is 2.55. The van der Waals surface area contributed by atoms with E-state index in [1.807, 2.05) is 11.8 Å². The second kappa shape index (κ2) is 6.62. The SMILES string of the molecule is c1ccc(C(SC2=NCCCN2)c2ccccc2)cc1. The smallest absolute Gasteiger partial charge is 0.157 e. The summed E-state index contributed by atoms with van der Waals surface area (Å²) in [4.78, 5) is 4.59. The number of nitrogens with zero attached hydrogens (tertiary/aromatic N) is 1. The predicted octanol–water partition coefficient (Wildman–Crippen LogP) is 3.86. The van der Waals surface area contributed by atoms with Crippen molar-refractivity contribution < 1.29 is 0 Å². The Balaban J connectivity index is 1.89. The number of aliphatic imine (C=N–C) groups is 1. The van der Waals surface area contributed by atoms with E-state index in [4.69, 9.17) is 0 Å². The standard InChI is InChI=1S/C17H18N2S/c1-3-8-14(9-4-1)16(15-10-5-2-6-11-15)20-17-18-12-7-13-19-17/h1-6,8-11,16H,7,12-13H2,(H,18,19). The molecule has 1 heterocycles. The van der Waals surface area contributed by atoms with Crippen LogP contribution in [0.5, 0.6) is 0 Å². The molecule has 2 aromatic rings. The van der Waals surface area contributed by atoms with Crippen molar-refractivity contribution in [2.24, 2.45) is 4.99 Å². The van der Waals surface area contributed by atoms with Gasteiger partial charge in [-0.15, -0.1) is 0 Å². The Kier molecular flexibility index (Phi) is 4.38. The summed E-state index contributed by atoms with van der Waals surface area (Å²) >= 11 is 1.81. The largest absolute Gasteiger partial charge is 0.365 e. The van der Waals surface area contributed by atoms with Gasteiger partial charge in [0.15, 0.2) is 5.17 Å². The number of nitrogens with one attached hydrogen (secondary N) is 1. The lowest BCUT2D eigenvalue weighted by molar-refractivity contribution is 0.751. The van der Waals surface area contributed by atoms with E-state index >= 15 is 0 Å². The highest BCUT2D eigenvalue weighted by atomic mass is 32.2. The summed E-state index contributed by atoms with van der Waals surface area (Å²) in [5, 5.41) is 4.76. The molecule has 0 unspecified atom stereocenters. The first kappa shape index (κ1) is 13.3. The molecule has 0 spiro atoms. The van der Waals surface area contributed by atoms with Gasteiger partial charge in [-0.1, -0.05) is 72.4 Å². The zero-order chi connectivity index (χ0) is 13.6. The Morgan fingerprint density at radius 3 is 2.00 bits per heavy atom. The van der Waals surface area contributed by atoms with Crippen molar-refractivity contribution in [2.45, 2.75) is 11.7 Å². The van der Waals surface area contributed by atoms with E-state index in [-0.39, 0.29) is 0 Å². The van der Waals surface area contributed by atoms with Gasteiger partial charge in [0, 0.05) is 13.1 Å². The Labute approximate surface area is 124 Å². The van der Waals surface area contributed by atoms with Gasteiger partial charge in [0.25, 0.3) is 0 Å². The van der Waals surface area contributed by atoms with Crippen LogP contribution in [0.2, 0.25) is 0 Å². The second-order valence-corrected chi connectivity index (χ2v) is 5.88. The number of thioether (sulfide) groups is 1. The van der Waals surface area contributed by atoms with E-state index in [2.05, 4.69) is 71.0 Å². The van der Waals surface area contributed by atoms with Crippen molar-refractivity contribution in [3.8, 4) is 0 Å². The van der Waals surface area contributed by atoms with Crippen molar-refractivity contribution in [1.82, 2.24) is 5.32 Å². The molecule has 1 aliphatic heterocycles. The molecule has 102 valence electrons. The molecular formula is C17H18N2S. The third kappa shape index (κ3) is 3.23. The molecule has 0 atom stereocenters. The van der Waals surface area contributed by atoms with Crippen molar-refractivity contribution in [2.75, 3.05) is 13.1 Å². The molecule has 1 N–H and O–H groups in total. The maximum absolute atomic E-state index is 4.59. The molecule has 0 radical (unpaired) electrons. The lowest BCUT2D eigenvalue weighted by Crippen LogP contribution is -2.27. The Hall–Kier alpha value is -1.74. The summed E-state index contributed by atoms with van der Waals surface area (Å²) in [5.74, 6) is 0. The van der Waals surface area contributed by atoms with Gasteiger partial charge in [-0.05, 0) is 17.5 Å². The van der Waals surface area contributed by atoms with E-state index < -0.39 is 0 Å². The van der Waals surface area contributed by atoms with Crippen molar-refractivity contribution in [3.63, 3.8) is 0 Å². The van der Waals surface area contributed by atoms with Crippen LogP contribution in [0.3, 0.4) is 0 Å². The zero-order valence-corrected chi connectivity index (χ0v) is 12.1. The van der Waals surface area contributed by atoms with E-state index in [9.17, 15) is 0 Å². The fourth-order valence-corrected chi connectivity index (χ4v) is 3.45. The number of rotatable bonds is 3. The monoisotopic (exact) mass is 282 g/mol. The van der Waals surface area contributed by atoms with Crippen LogP contribution in [-0.4, -0.2) is 18.3 Å². The third-order valence-electron chi connectivity index (χ3n) is 3.30. The summed E-state index contributed by atoms with van der Waals surface area (Å²) in [6.45, 7) is 1.97. The molecular weight excluding hydrogens is 264 g/mol. The molecule has 0 aromatic heterocycles. The summed E-state index contributed by atoms with van der Waals surface area (Å²) in [5.41, 5.74) is 2.64. The number of hydrogen-bond acceptors (Lipinski definition) is 3. The summed E-state index contributed by atoms with van der Waals surface area (Å²) in [6.07, 6.45) is 1.13. The quantitative estimate of drug-likeness (QED) is 0.924. The van der Waals surface area contributed by atoms with Crippen LogP contribution >= 0.6 is 11.8 Å². The van der Waals surface area contributed by atoms with Crippen LogP contribution in [0.4, 0.5) is 0 Å². The molecule has 20 heavy (non-hydrogen) atoms. The first-order chi connectivity index (χ1) is 9.93. The van der Waals surface area contributed by atoms with Gasteiger partial charge in [-0.3, -0.25) is 4.99 Å². The molecule has 2 aromatic carbocycles. The van der Waals surface area contributed by atoms with Gasteiger partial charge < -0.3 is 5.32 Å². The van der Waals surface area contributed by atoms with Crippen LogP contribution in [0.15, 0.2) is 65.7 Å². The number of amidine groups is 1. The molecule has 3 rings (SSSR count). The van der Waals surface area contributed by atoms with Crippen LogP contribution in [0.25, 0.3) is 0 Å². The highest BCUT2D eigenvalue weighted by molar-refractivity contribution is 8.14. The minimum absolute atomic E-state index is 0.293. The highest BCUT2D eigenvalue weighted by Crippen LogP contribution is 2.36. The molecule has 2 nitrogen and oxygen atoms in total. The van der Waals surface area contributed by atoms with Crippen LogP contribution < -0.4 is 5.32 Å². The minimum atomic E-state index is 0.293. The first-order valence-corrected chi connectivity index (χ1v) is 7.86. The van der Waals surface area contributed by atoms with Crippen molar-refractivity contribution in [1.29, 1.82) is 0 Å². The lowest BCUT2D eigenvalue weighted by Gasteiger charge is -2.21. The normalized spacial score (nSPS) is 14.8. The van der Waals surface area contributed by atoms with Crippen molar-refractivity contribution in [3.05, 3.63) is 71.8 Å². The van der Waals surface area contributed by atoms with Gasteiger partial charge in [0.05, 0.1) is 5.25 Å². The van der Waals surface area contributed by atoms with Gasteiger partial charge in [0.2, 0.25) is 0 Å². The maximum atomic E-state index is 4.59. The molecule has 0 aliphatic carbocycles. The van der Waals surface area contributed by atoms with Crippen LogP contribution in [0, 0.1) is 0 Å². The molecule has 0 amide bonds. The summed E-state index contributed by atoms with van der Waals surface area (Å²) in [7, 11) is 0. The second-order valence-electron chi connectivity index (χ2n) is 4.79. The first-order valence-electron chi connectivity index (χ1n) is 6.98. The van der Waals surface area contributed by atoms with Crippen molar-refractivity contribution >= 4 is 16.9 Å². The fraction of sp³-hybridized carbons (Fsp3) is 0.235. The van der Waals surface area contributed by atoms with E-state index in [0.717, 1.165) is 24.7 Å². The third-order valence-corrected chi connectivity index (χ3v) is 4.58. The number of hydrogen-bond donors (Lipinski definition) is 1. The number of benzene rings is 2. The zero-order valence-electron chi connectivity index (χ0n) is 11.3.